The van der Waals surface area contributed by atoms with Crippen LogP contribution < -0.4 is 4.74 Å². The van der Waals surface area contributed by atoms with Crippen LogP contribution in [0.25, 0.3) is 0 Å². The molecule has 0 saturated carbocycles. The molecule has 0 unspecified atom stereocenters. The lowest BCUT2D eigenvalue weighted by Gasteiger charge is -2.32. The van der Waals surface area contributed by atoms with Crippen molar-refractivity contribution in [3.05, 3.63) is 29.8 Å². The van der Waals surface area contributed by atoms with E-state index in [-0.39, 0.29) is 0 Å². The molecule has 0 bridgehead atoms. The minimum Gasteiger partial charge on any atom is -0.497 e. The number of hydrogen-bond acceptors (Lipinski definition) is 5. The average molecular weight is 250 g/mol. The van der Waals surface area contributed by atoms with Gasteiger partial charge < -0.3 is 14.2 Å². The van der Waals surface area contributed by atoms with Crippen molar-refractivity contribution >= 4 is 11.9 Å². The molecule has 96 valence electrons. The molecule has 1 heterocycles. The zero-order valence-corrected chi connectivity index (χ0v) is 10.4. The van der Waals surface area contributed by atoms with Crippen LogP contribution >= 0.6 is 0 Å². The summed E-state index contributed by atoms with van der Waals surface area (Å²) in [4.78, 5) is 23.6. The molecule has 1 fully saturated rings. The van der Waals surface area contributed by atoms with E-state index in [0.29, 0.717) is 11.3 Å². The molecule has 18 heavy (non-hydrogen) atoms. The second-order valence-corrected chi connectivity index (χ2v) is 4.45. The number of hydrogen-bond donors (Lipinski definition) is 0. The lowest BCUT2D eigenvalue weighted by atomic mass is 9.98. The number of esters is 2. The number of ether oxygens (including phenoxy) is 3. The Morgan fingerprint density at radius 2 is 1.56 bits per heavy atom. The molecule has 0 N–H and O–H groups in total. The van der Waals surface area contributed by atoms with Gasteiger partial charge in [-0.25, -0.2) is 0 Å². The summed E-state index contributed by atoms with van der Waals surface area (Å²) in [5.74, 6) is -2.76. The Morgan fingerprint density at radius 3 is 2.00 bits per heavy atom. The van der Waals surface area contributed by atoms with Gasteiger partial charge in [0.2, 0.25) is 0 Å². The normalized spacial score (nSPS) is 19.1. The maximum atomic E-state index is 11.8. The lowest BCUT2D eigenvalue weighted by molar-refractivity contribution is -0.234. The van der Waals surface area contributed by atoms with E-state index < -0.39 is 23.6 Å². The topological polar surface area (TPSA) is 61.8 Å². The fraction of sp³-hybridized carbons (Fsp3) is 0.385. The molecule has 1 aromatic rings. The average Bonchev–Trinajstić information content (AvgIpc) is 2.27. The Labute approximate surface area is 105 Å². The van der Waals surface area contributed by atoms with Crippen molar-refractivity contribution in [3.63, 3.8) is 0 Å². The maximum Gasteiger partial charge on any atom is 0.328 e. The number of rotatable bonds is 2. The summed E-state index contributed by atoms with van der Waals surface area (Å²) in [5, 5.41) is 0. The van der Waals surface area contributed by atoms with Crippen LogP contribution in [-0.4, -0.2) is 24.8 Å². The van der Waals surface area contributed by atoms with Gasteiger partial charge in [0.05, 0.1) is 7.11 Å². The molecule has 1 aliphatic heterocycles. The van der Waals surface area contributed by atoms with Crippen LogP contribution in [0.15, 0.2) is 24.3 Å². The molecule has 5 heteroatoms. The predicted molar refractivity (Wildman–Crippen MR) is 62.0 cm³/mol. The highest BCUT2D eigenvalue weighted by Crippen LogP contribution is 2.30. The van der Waals surface area contributed by atoms with Gasteiger partial charge in [0.25, 0.3) is 5.79 Å². The van der Waals surface area contributed by atoms with E-state index in [1.807, 2.05) is 0 Å². The molecule has 5 nitrogen and oxygen atoms in total. The highest BCUT2D eigenvalue weighted by molar-refractivity contribution is 6.02. The fourth-order valence-corrected chi connectivity index (χ4v) is 1.79. The van der Waals surface area contributed by atoms with Gasteiger partial charge in [-0.05, 0) is 17.7 Å². The molecule has 0 radical (unpaired) electrons. The quantitative estimate of drug-likeness (QED) is 0.589. The van der Waals surface area contributed by atoms with Gasteiger partial charge in [-0.2, -0.15) is 0 Å². The van der Waals surface area contributed by atoms with Crippen LogP contribution in [0.1, 0.15) is 25.3 Å². The molecular weight excluding hydrogens is 236 g/mol. The summed E-state index contributed by atoms with van der Waals surface area (Å²) < 4.78 is 15.1. The molecular formula is C13H14O5. The third-order valence-electron chi connectivity index (χ3n) is 2.61. The molecule has 1 saturated heterocycles. The first kappa shape index (κ1) is 12.4. The zero-order valence-electron chi connectivity index (χ0n) is 10.4. The molecule has 1 aromatic carbocycles. The number of carbonyl (C=O) groups excluding carboxylic acids is 2. The Kier molecular flexibility index (Phi) is 2.98. The largest absolute Gasteiger partial charge is 0.497 e. The Morgan fingerprint density at radius 1 is 1.06 bits per heavy atom. The first-order valence-corrected chi connectivity index (χ1v) is 5.52. The molecule has 0 amide bonds. The molecule has 0 spiro atoms. The van der Waals surface area contributed by atoms with Crippen LogP contribution in [-0.2, 0) is 19.1 Å². The van der Waals surface area contributed by atoms with E-state index in [1.54, 1.807) is 31.4 Å². The van der Waals surface area contributed by atoms with Crippen molar-refractivity contribution in [1.29, 1.82) is 0 Å². The van der Waals surface area contributed by atoms with Gasteiger partial charge in [0.1, 0.15) is 5.75 Å². The third-order valence-corrected chi connectivity index (χ3v) is 2.61. The third kappa shape index (κ3) is 2.30. The first-order chi connectivity index (χ1) is 8.43. The highest BCUT2D eigenvalue weighted by atomic mass is 16.7. The Bertz CT molecular complexity index is 455. The molecule has 0 aromatic heterocycles. The monoisotopic (exact) mass is 250 g/mol. The number of cyclic esters (lactones) is 2. The van der Waals surface area contributed by atoms with E-state index in [4.69, 9.17) is 14.2 Å². The van der Waals surface area contributed by atoms with Crippen LogP contribution in [0, 0.1) is 0 Å². The Balaban J connectivity index is 2.27. The summed E-state index contributed by atoms with van der Waals surface area (Å²) >= 11 is 0. The summed E-state index contributed by atoms with van der Waals surface area (Å²) in [6.45, 7) is 3.04. The summed E-state index contributed by atoms with van der Waals surface area (Å²) in [6, 6.07) is 6.64. The van der Waals surface area contributed by atoms with Crippen molar-refractivity contribution in [2.45, 2.75) is 25.6 Å². The second-order valence-electron chi connectivity index (χ2n) is 4.45. The summed E-state index contributed by atoms with van der Waals surface area (Å²) in [6.07, 6.45) is 0. The minimum atomic E-state index is -1.20. The van der Waals surface area contributed by atoms with Crippen molar-refractivity contribution < 1.29 is 23.8 Å². The number of carbonyl (C=O) groups is 2. The summed E-state index contributed by atoms with van der Waals surface area (Å²) in [7, 11) is 1.54. The first-order valence-electron chi connectivity index (χ1n) is 5.52. The van der Waals surface area contributed by atoms with E-state index in [1.165, 1.54) is 13.8 Å². The van der Waals surface area contributed by atoms with Crippen molar-refractivity contribution in [2.24, 2.45) is 0 Å². The van der Waals surface area contributed by atoms with Gasteiger partial charge in [-0.15, -0.1) is 0 Å². The number of benzene rings is 1. The smallest absolute Gasteiger partial charge is 0.328 e. The van der Waals surface area contributed by atoms with Gasteiger partial charge in [0.15, 0.2) is 5.92 Å². The standard InChI is InChI=1S/C13H14O5/c1-13(2)17-11(14)10(12(15)18-13)8-4-6-9(16-3)7-5-8/h4-7,10H,1-3H3. The van der Waals surface area contributed by atoms with Crippen LogP contribution in [0.5, 0.6) is 5.75 Å². The van der Waals surface area contributed by atoms with Gasteiger partial charge in [0, 0.05) is 13.8 Å². The van der Waals surface area contributed by atoms with Crippen LogP contribution in [0.4, 0.5) is 0 Å². The Hall–Kier alpha value is -2.04. The maximum absolute atomic E-state index is 11.8. The lowest BCUT2D eigenvalue weighted by Crippen LogP contribution is -2.45. The van der Waals surface area contributed by atoms with Crippen molar-refractivity contribution in [2.75, 3.05) is 7.11 Å². The van der Waals surface area contributed by atoms with Crippen molar-refractivity contribution in [1.82, 2.24) is 0 Å². The highest BCUT2D eigenvalue weighted by Gasteiger charge is 2.43. The fourth-order valence-electron chi connectivity index (χ4n) is 1.79. The van der Waals surface area contributed by atoms with E-state index in [0.717, 1.165) is 0 Å². The van der Waals surface area contributed by atoms with E-state index in [2.05, 4.69) is 0 Å². The minimum absolute atomic E-state index is 0.529. The zero-order chi connectivity index (χ0) is 13.3. The van der Waals surface area contributed by atoms with Crippen molar-refractivity contribution in [3.8, 4) is 5.75 Å². The number of methoxy groups -OCH3 is 1. The van der Waals surface area contributed by atoms with Gasteiger partial charge in [-0.1, -0.05) is 12.1 Å². The second kappa shape index (κ2) is 4.33. The molecule has 0 aliphatic carbocycles. The SMILES string of the molecule is COc1ccc(C2C(=O)OC(C)(C)OC2=O)cc1. The molecule has 0 atom stereocenters. The van der Waals surface area contributed by atoms with Crippen LogP contribution in [0.3, 0.4) is 0 Å². The molecule has 1 aliphatic rings. The van der Waals surface area contributed by atoms with E-state index in [9.17, 15) is 9.59 Å². The summed E-state index contributed by atoms with van der Waals surface area (Å²) in [5.41, 5.74) is 0.529. The molecule has 2 rings (SSSR count). The van der Waals surface area contributed by atoms with Gasteiger partial charge in [-0.3, -0.25) is 9.59 Å². The van der Waals surface area contributed by atoms with E-state index >= 15 is 0 Å². The van der Waals surface area contributed by atoms with Gasteiger partial charge >= 0.3 is 11.9 Å². The van der Waals surface area contributed by atoms with Crippen LogP contribution in [0.2, 0.25) is 0 Å². The predicted octanol–water partition coefficient (Wildman–Crippen LogP) is 1.61.